The highest BCUT2D eigenvalue weighted by Gasteiger charge is 2.19. The molecule has 0 saturated heterocycles. The molecule has 0 aliphatic carbocycles. The van der Waals surface area contributed by atoms with Crippen LogP contribution in [0.1, 0.15) is 412 Å². The minimum Gasteiger partial charge on any atom is -0.462 e. The fraction of sp³-hybridized carbons (Fsp3) is 0.905. The Morgan fingerprint density at radius 3 is 0.725 bits per heavy atom. The van der Waals surface area contributed by atoms with Crippen LogP contribution < -0.4 is 0 Å². The van der Waals surface area contributed by atoms with E-state index in [1.165, 1.54) is 295 Å². The van der Waals surface area contributed by atoms with E-state index in [4.69, 9.17) is 14.2 Å². The summed E-state index contributed by atoms with van der Waals surface area (Å²) in [6.45, 7) is 6.68. The van der Waals surface area contributed by atoms with Crippen LogP contribution in [0.3, 0.4) is 0 Å². The van der Waals surface area contributed by atoms with Crippen LogP contribution in [0.2, 0.25) is 0 Å². The molecule has 0 spiro atoms. The summed E-state index contributed by atoms with van der Waals surface area (Å²) >= 11 is 0. The summed E-state index contributed by atoms with van der Waals surface area (Å²) in [4.78, 5) is 38.4. The van der Waals surface area contributed by atoms with Crippen LogP contribution in [0.5, 0.6) is 0 Å². The molecule has 0 aliphatic rings. The Labute approximate surface area is 500 Å². The largest absolute Gasteiger partial charge is 0.462 e. The number of allylic oxidation sites excluding steroid dienone is 4. The van der Waals surface area contributed by atoms with Crippen molar-refractivity contribution in [3.63, 3.8) is 0 Å². The average Bonchev–Trinajstić information content (AvgIpc) is 3.46. The third-order valence-corrected chi connectivity index (χ3v) is 16.7. The molecule has 0 heterocycles. The number of hydrogen-bond donors (Lipinski definition) is 0. The van der Waals surface area contributed by atoms with Gasteiger partial charge in [-0.1, -0.05) is 373 Å². The van der Waals surface area contributed by atoms with Crippen LogP contribution in [0.4, 0.5) is 0 Å². The fourth-order valence-corrected chi connectivity index (χ4v) is 11.2. The lowest BCUT2D eigenvalue weighted by Crippen LogP contribution is -2.30. The van der Waals surface area contributed by atoms with Crippen molar-refractivity contribution in [1.29, 1.82) is 0 Å². The standard InChI is InChI=1S/C74H140O6/c1-4-7-10-13-16-19-22-25-28-30-32-34-36-37-38-39-41-42-44-46-49-52-55-58-61-64-67-73(76)79-70-71(69-78-72(75)66-63-60-57-54-51-48-27-24-21-18-15-12-9-6-3)80-74(77)68-65-62-59-56-53-50-47-45-43-40-35-33-31-29-26-23-20-17-14-11-8-5-2/h15,18,24,27,71H,4-14,16-17,19-23,25-26,28-70H2,1-3H3/b18-15-,27-24-. The van der Waals surface area contributed by atoms with E-state index in [0.29, 0.717) is 19.3 Å². The van der Waals surface area contributed by atoms with Gasteiger partial charge in [0.05, 0.1) is 0 Å². The van der Waals surface area contributed by atoms with Gasteiger partial charge in [0.2, 0.25) is 0 Å². The van der Waals surface area contributed by atoms with Gasteiger partial charge in [0.25, 0.3) is 0 Å². The van der Waals surface area contributed by atoms with Gasteiger partial charge in [-0.15, -0.1) is 0 Å². The Morgan fingerprint density at radius 1 is 0.250 bits per heavy atom. The van der Waals surface area contributed by atoms with Crippen molar-refractivity contribution in [2.75, 3.05) is 13.2 Å². The summed E-state index contributed by atoms with van der Waals surface area (Å²) in [7, 11) is 0. The highest BCUT2D eigenvalue weighted by Crippen LogP contribution is 2.19. The molecule has 1 unspecified atom stereocenters. The van der Waals surface area contributed by atoms with Crippen LogP contribution >= 0.6 is 0 Å². The minimum atomic E-state index is -0.774. The first-order chi connectivity index (χ1) is 39.5. The fourth-order valence-electron chi connectivity index (χ4n) is 11.2. The van der Waals surface area contributed by atoms with Crippen molar-refractivity contribution >= 4 is 17.9 Å². The number of ether oxygens (including phenoxy) is 3. The second-order valence-electron chi connectivity index (χ2n) is 24.9. The Morgan fingerprint density at radius 2 is 0.463 bits per heavy atom. The van der Waals surface area contributed by atoms with E-state index in [0.717, 1.165) is 77.0 Å². The predicted octanol–water partition coefficient (Wildman–Crippen LogP) is 25.0. The number of esters is 3. The first-order valence-electron chi connectivity index (χ1n) is 36.3. The minimum absolute atomic E-state index is 0.0692. The molecule has 6 heteroatoms. The lowest BCUT2D eigenvalue weighted by Gasteiger charge is -2.18. The van der Waals surface area contributed by atoms with E-state index < -0.39 is 6.10 Å². The zero-order valence-corrected chi connectivity index (χ0v) is 54.4. The van der Waals surface area contributed by atoms with E-state index in [2.05, 4.69) is 45.1 Å². The number of rotatable bonds is 68. The summed E-state index contributed by atoms with van der Waals surface area (Å²) in [5.41, 5.74) is 0. The van der Waals surface area contributed by atoms with Crippen molar-refractivity contribution in [3.05, 3.63) is 24.3 Å². The van der Waals surface area contributed by atoms with Crippen LogP contribution in [0, 0.1) is 0 Å². The Balaban J connectivity index is 4.21. The highest BCUT2D eigenvalue weighted by molar-refractivity contribution is 5.71. The van der Waals surface area contributed by atoms with Gasteiger partial charge in [-0.3, -0.25) is 14.4 Å². The lowest BCUT2D eigenvalue weighted by atomic mass is 10.0. The van der Waals surface area contributed by atoms with Gasteiger partial charge in [-0.05, 0) is 44.9 Å². The summed E-state index contributed by atoms with van der Waals surface area (Å²) in [5.74, 6) is -0.850. The van der Waals surface area contributed by atoms with Crippen molar-refractivity contribution in [1.82, 2.24) is 0 Å². The molecule has 0 fully saturated rings. The molecule has 0 aromatic rings. The summed E-state index contributed by atoms with van der Waals surface area (Å²) in [6.07, 6.45) is 85.1. The summed E-state index contributed by atoms with van der Waals surface area (Å²) in [5, 5.41) is 0. The molecule has 6 nitrogen and oxygen atoms in total. The third kappa shape index (κ3) is 66.7. The monoisotopic (exact) mass is 1130 g/mol. The molecule has 0 saturated carbocycles. The first-order valence-corrected chi connectivity index (χ1v) is 36.3. The molecule has 0 aromatic carbocycles. The molecule has 472 valence electrons. The first kappa shape index (κ1) is 77.9. The highest BCUT2D eigenvalue weighted by atomic mass is 16.6. The molecule has 0 amide bonds. The Bertz CT molecular complexity index is 1290. The van der Waals surface area contributed by atoms with Gasteiger partial charge in [0, 0.05) is 19.3 Å². The number of carbonyl (C=O) groups excluding carboxylic acids is 3. The van der Waals surface area contributed by atoms with E-state index in [9.17, 15) is 14.4 Å². The third-order valence-electron chi connectivity index (χ3n) is 16.7. The maximum Gasteiger partial charge on any atom is 0.306 e. The molecule has 0 radical (unpaired) electrons. The van der Waals surface area contributed by atoms with Crippen LogP contribution in [0.25, 0.3) is 0 Å². The van der Waals surface area contributed by atoms with Gasteiger partial charge >= 0.3 is 17.9 Å². The smallest absolute Gasteiger partial charge is 0.306 e. The molecular formula is C74H140O6. The topological polar surface area (TPSA) is 78.9 Å². The van der Waals surface area contributed by atoms with E-state index in [1.54, 1.807) is 0 Å². The average molecular weight is 1130 g/mol. The molecule has 0 aliphatic heterocycles. The van der Waals surface area contributed by atoms with Gasteiger partial charge < -0.3 is 14.2 Å². The zero-order valence-electron chi connectivity index (χ0n) is 54.4. The van der Waals surface area contributed by atoms with Gasteiger partial charge in [-0.2, -0.15) is 0 Å². The van der Waals surface area contributed by atoms with Crippen LogP contribution in [-0.2, 0) is 28.6 Å². The summed E-state index contributed by atoms with van der Waals surface area (Å²) < 4.78 is 17.0. The SMILES string of the molecule is CCCC/C=C\C/C=C\CCCCCCCC(=O)OCC(COC(=O)CCCCCCCCCCCCCCCCCCCCCCCCCCCC)OC(=O)CCCCCCCCCCCCCCCCCCCCCCCC. The van der Waals surface area contributed by atoms with Crippen molar-refractivity contribution in [3.8, 4) is 0 Å². The normalized spacial score (nSPS) is 12.1. The Hall–Kier alpha value is -2.11. The number of carbonyl (C=O) groups is 3. The van der Waals surface area contributed by atoms with Gasteiger partial charge in [-0.25, -0.2) is 0 Å². The molecule has 1 atom stereocenters. The predicted molar refractivity (Wildman–Crippen MR) is 349 cm³/mol. The molecule has 0 rings (SSSR count). The van der Waals surface area contributed by atoms with Crippen molar-refractivity contribution in [2.24, 2.45) is 0 Å². The number of unbranched alkanes of at least 4 members (excludes halogenated alkanes) is 53. The molecular weight excluding hydrogens is 985 g/mol. The van der Waals surface area contributed by atoms with Crippen molar-refractivity contribution < 1.29 is 28.6 Å². The second-order valence-corrected chi connectivity index (χ2v) is 24.9. The summed E-state index contributed by atoms with van der Waals surface area (Å²) in [6, 6.07) is 0. The molecule has 0 N–H and O–H groups in total. The van der Waals surface area contributed by atoms with Gasteiger partial charge in [0.1, 0.15) is 13.2 Å². The van der Waals surface area contributed by atoms with Crippen LogP contribution in [-0.4, -0.2) is 37.2 Å². The van der Waals surface area contributed by atoms with E-state index in [1.807, 2.05) is 0 Å². The Kier molecular flexibility index (Phi) is 67.6. The number of hydrogen-bond acceptors (Lipinski definition) is 6. The molecule has 0 aromatic heterocycles. The van der Waals surface area contributed by atoms with Crippen LogP contribution in [0.15, 0.2) is 24.3 Å². The quantitative estimate of drug-likeness (QED) is 0.0261. The maximum absolute atomic E-state index is 13.0. The van der Waals surface area contributed by atoms with Crippen molar-refractivity contribution in [2.45, 2.75) is 419 Å². The maximum atomic E-state index is 13.0. The van der Waals surface area contributed by atoms with E-state index >= 15 is 0 Å². The van der Waals surface area contributed by atoms with E-state index in [-0.39, 0.29) is 31.1 Å². The lowest BCUT2D eigenvalue weighted by molar-refractivity contribution is -0.167. The van der Waals surface area contributed by atoms with Gasteiger partial charge in [0.15, 0.2) is 6.10 Å². The molecule has 0 bridgehead atoms. The second kappa shape index (κ2) is 69.4. The molecule has 80 heavy (non-hydrogen) atoms. The zero-order chi connectivity index (χ0) is 57.8.